The second kappa shape index (κ2) is 7.21. The van der Waals surface area contributed by atoms with Crippen LogP contribution in [-0.2, 0) is 24.7 Å². The van der Waals surface area contributed by atoms with Gasteiger partial charge in [-0.2, -0.15) is 9.35 Å². The van der Waals surface area contributed by atoms with Crippen molar-refractivity contribution in [3.05, 3.63) is 0 Å². The third-order valence-corrected chi connectivity index (χ3v) is 5.01. The average Bonchev–Trinajstić information content (AvgIpc) is 2.62. The van der Waals surface area contributed by atoms with Crippen molar-refractivity contribution >= 4 is 32.3 Å². The number of piperidine rings is 1. The van der Waals surface area contributed by atoms with E-state index in [-0.39, 0.29) is 54.1 Å². The van der Waals surface area contributed by atoms with Crippen LogP contribution in [-0.4, -0.2) is 67.6 Å². The molecule has 11 nitrogen and oxygen atoms in total. The number of fused-ring (bicyclic) bond motifs is 2. The van der Waals surface area contributed by atoms with E-state index in [1.165, 1.54) is 6.92 Å². The molecule has 2 atom stereocenters. The van der Waals surface area contributed by atoms with Gasteiger partial charge in [0, 0.05) is 6.54 Å². The molecule has 2 bridgehead atoms. The molecule has 0 aromatic carbocycles. The van der Waals surface area contributed by atoms with E-state index in [0.29, 0.717) is 11.5 Å². The van der Waals surface area contributed by atoms with Crippen LogP contribution in [0.5, 0.6) is 0 Å². The van der Waals surface area contributed by atoms with Crippen molar-refractivity contribution in [2.24, 2.45) is 10.1 Å². The average molecular weight is 378 g/mol. The number of hydrogen-bond acceptors (Lipinski definition) is 7. The Morgan fingerprint density at radius 3 is 2.52 bits per heavy atom. The van der Waals surface area contributed by atoms with E-state index in [1.807, 2.05) is 0 Å². The standard InChI is InChI=1S/C9H16N4O7S2.Na/c1-2-21(15,16)11-8(10)7-4-3-6-5-12(7)9(14)13(6)20-22(17,18)19;/h6-7H,2-5H2,1H3,(H2,10,11)(H,17,18,19);/q;+1/p-1/t6-,7+;/m1./s1. The maximum absolute atomic E-state index is 12.1. The molecule has 0 aromatic rings. The Morgan fingerprint density at radius 1 is 1.39 bits per heavy atom. The maximum Gasteiger partial charge on any atom is 1.00 e. The minimum absolute atomic E-state index is 0. The molecule has 2 saturated heterocycles. The predicted molar refractivity (Wildman–Crippen MR) is 72.6 cm³/mol. The summed E-state index contributed by atoms with van der Waals surface area (Å²) in [7, 11) is -8.79. The summed E-state index contributed by atoms with van der Waals surface area (Å²) in [5.74, 6) is -0.485. The molecule has 2 fully saturated rings. The normalized spacial score (nSPS) is 25.5. The van der Waals surface area contributed by atoms with Gasteiger partial charge in [0.1, 0.15) is 5.84 Å². The fraction of sp³-hybridized carbons (Fsp3) is 0.778. The van der Waals surface area contributed by atoms with E-state index in [9.17, 15) is 26.2 Å². The third-order valence-electron chi connectivity index (χ3n) is 3.45. The molecule has 0 radical (unpaired) electrons. The monoisotopic (exact) mass is 378 g/mol. The summed E-state index contributed by atoms with van der Waals surface area (Å²) in [6, 6.07) is -2.25. The first-order chi connectivity index (χ1) is 10.0. The molecule has 2 rings (SSSR count). The fourth-order valence-electron chi connectivity index (χ4n) is 2.42. The fourth-order valence-corrected chi connectivity index (χ4v) is 3.38. The van der Waals surface area contributed by atoms with Gasteiger partial charge in [-0.15, -0.1) is 4.40 Å². The Labute approximate surface area is 156 Å². The van der Waals surface area contributed by atoms with Crippen LogP contribution in [0, 0.1) is 0 Å². The summed E-state index contributed by atoms with van der Waals surface area (Å²) in [4.78, 5) is 13.2. The summed E-state index contributed by atoms with van der Waals surface area (Å²) in [5, 5.41) is 0.490. The Morgan fingerprint density at radius 2 is 2.00 bits per heavy atom. The van der Waals surface area contributed by atoms with E-state index < -0.39 is 38.5 Å². The molecule has 2 aliphatic heterocycles. The first-order valence-corrected chi connectivity index (χ1v) is 9.31. The van der Waals surface area contributed by atoms with Crippen molar-refractivity contribution in [1.82, 2.24) is 9.96 Å². The molecule has 0 spiro atoms. The second-order valence-corrected chi connectivity index (χ2v) is 7.77. The number of amidine groups is 1. The van der Waals surface area contributed by atoms with Gasteiger partial charge in [0.15, 0.2) is 0 Å². The largest absolute Gasteiger partial charge is 1.00 e. The molecule has 0 aliphatic carbocycles. The van der Waals surface area contributed by atoms with Crippen molar-refractivity contribution in [1.29, 1.82) is 0 Å². The number of carbonyl (C=O) groups is 1. The van der Waals surface area contributed by atoms with E-state index in [4.69, 9.17) is 5.73 Å². The van der Waals surface area contributed by atoms with Gasteiger partial charge < -0.3 is 15.2 Å². The van der Waals surface area contributed by atoms with Gasteiger partial charge in [-0.3, -0.25) is 0 Å². The zero-order valence-corrected chi connectivity index (χ0v) is 16.2. The van der Waals surface area contributed by atoms with E-state index >= 15 is 0 Å². The van der Waals surface area contributed by atoms with Crippen LogP contribution in [0.25, 0.3) is 0 Å². The van der Waals surface area contributed by atoms with Gasteiger partial charge in [-0.25, -0.2) is 21.6 Å². The van der Waals surface area contributed by atoms with Gasteiger partial charge in [0.05, 0.1) is 17.8 Å². The molecule has 126 valence electrons. The van der Waals surface area contributed by atoms with Crippen LogP contribution in [0.15, 0.2) is 4.40 Å². The number of nitrogens with zero attached hydrogens (tertiary/aromatic N) is 3. The van der Waals surface area contributed by atoms with Crippen molar-refractivity contribution < 1.29 is 60.0 Å². The number of urea groups is 1. The molecular formula is C9H15N4NaO7S2. The number of amides is 2. The third kappa shape index (κ3) is 4.78. The van der Waals surface area contributed by atoms with Gasteiger partial charge in [-0.1, -0.05) is 0 Å². The topological polar surface area (TPSA) is 162 Å². The first-order valence-electron chi connectivity index (χ1n) is 6.37. The van der Waals surface area contributed by atoms with Crippen LogP contribution >= 0.6 is 0 Å². The van der Waals surface area contributed by atoms with Gasteiger partial charge in [0.25, 0.3) is 10.0 Å². The van der Waals surface area contributed by atoms with Crippen molar-refractivity contribution in [3.63, 3.8) is 0 Å². The first kappa shape index (κ1) is 20.6. The molecule has 0 saturated carbocycles. The molecule has 2 amide bonds. The van der Waals surface area contributed by atoms with Crippen LogP contribution in [0.4, 0.5) is 4.79 Å². The molecule has 2 heterocycles. The van der Waals surface area contributed by atoms with Crippen LogP contribution in [0.1, 0.15) is 19.8 Å². The zero-order chi connectivity index (χ0) is 16.7. The number of carbonyl (C=O) groups excluding carboxylic acids is 1. The van der Waals surface area contributed by atoms with Crippen LogP contribution < -0.4 is 35.3 Å². The molecule has 2 aliphatic rings. The Bertz CT molecular complexity index is 707. The van der Waals surface area contributed by atoms with Crippen molar-refractivity contribution in [3.8, 4) is 0 Å². The minimum atomic E-state index is -5.08. The number of rotatable bonds is 5. The predicted octanol–water partition coefficient (Wildman–Crippen LogP) is -4.64. The number of sulfonamides is 1. The van der Waals surface area contributed by atoms with Crippen molar-refractivity contribution in [2.75, 3.05) is 12.3 Å². The molecule has 0 aromatic heterocycles. The van der Waals surface area contributed by atoms with E-state index in [1.54, 1.807) is 0 Å². The number of hydroxylamine groups is 2. The van der Waals surface area contributed by atoms with E-state index in [0.717, 1.165) is 4.90 Å². The second-order valence-electron chi connectivity index (χ2n) is 4.88. The summed E-state index contributed by atoms with van der Waals surface area (Å²) in [6.45, 7) is 1.47. The Kier molecular flexibility index (Phi) is 6.46. The maximum atomic E-state index is 12.1. The number of nitrogens with two attached hydrogens (primary N) is 1. The van der Waals surface area contributed by atoms with E-state index in [2.05, 4.69) is 8.68 Å². The molecule has 23 heavy (non-hydrogen) atoms. The van der Waals surface area contributed by atoms with Gasteiger partial charge >= 0.3 is 35.6 Å². The smallest absolute Gasteiger partial charge is 0.724 e. The molecule has 14 heteroatoms. The van der Waals surface area contributed by atoms with Gasteiger partial charge in [0.2, 0.25) is 10.4 Å². The SMILES string of the molecule is CCS(=O)(=O)N=C(N)[C@@H]1CC[C@@H]2CN1C(=O)N2OS(=O)(=O)[O-].[Na+]. The zero-order valence-electron chi connectivity index (χ0n) is 12.6. The summed E-state index contributed by atoms with van der Waals surface area (Å²) in [6.07, 6.45) is 0.578. The summed E-state index contributed by atoms with van der Waals surface area (Å²) < 4.78 is 62.4. The summed E-state index contributed by atoms with van der Waals surface area (Å²) in [5.41, 5.74) is 5.67. The summed E-state index contributed by atoms with van der Waals surface area (Å²) >= 11 is 0. The molecule has 0 unspecified atom stereocenters. The van der Waals surface area contributed by atoms with Crippen LogP contribution in [0.3, 0.4) is 0 Å². The Hall–Kier alpha value is -0.440. The number of hydrogen-bond donors (Lipinski definition) is 1. The quantitative estimate of drug-likeness (QED) is 0.164. The Balaban J connectivity index is 0.00000264. The van der Waals surface area contributed by atoms with Crippen LogP contribution in [0.2, 0.25) is 0 Å². The van der Waals surface area contributed by atoms with Crippen molar-refractivity contribution in [2.45, 2.75) is 31.8 Å². The molecule has 2 N–H and O–H groups in total. The van der Waals surface area contributed by atoms with Gasteiger partial charge in [-0.05, 0) is 19.8 Å². The minimum Gasteiger partial charge on any atom is -0.724 e. The molecular weight excluding hydrogens is 363 g/mol.